The van der Waals surface area contributed by atoms with Crippen molar-refractivity contribution >= 4 is 6.29 Å². The van der Waals surface area contributed by atoms with Crippen LogP contribution in [-0.4, -0.2) is 17.5 Å². The van der Waals surface area contributed by atoms with E-state index >= 15 is 0 Å². The zero-order valence-electron chi connectivity index (χ0n) is 12.4. The number of aliphatic hydroxyl groups is 1. The van der Waals surface area contributed by atoms with Crippen LogP contribution < -0.4 is 0 Å². The summed E-state index contributed by atoms with van der Waals surface area (Å²) in [6, 6.07) is 0. The van der Waals surface area contributed by atoms with Gasteiger partial charge in [-0.25, -0.2) is 0 Å². The topological polar surface area (TPSA) is 37.3 Å². The SMILES string of the molecule is CC(C)CC(O)CCCCCCCCCCC=O. The Morgan fingerprint density at radius 3 is 1.89 bits per heavy atom. The molecule has 0 radical (unpaired) electrons. The van der Waals surface area contributed by atoms with Crippen molar-refractivity contribution < 1.29 is 9.90 Å². The van der Waals surface area contributed by atoms with Gasteiger partial charge in [-0.3, -0.25) is 0 Å². The lowest BCUT2D eigenvalue weighted by molar-refractivity contribution is -0.107. The van der Waals surface area contributed by atoms with E-state index in [4.69, 9.17) is 0 Å². The molecule has 0 fully saturated rings. The van der Waals surface area contributed by atoms with Crippen LogP contribution in [0.15, 0.2) is 0 Å². The monoisotopic (exact) mass is 256 g/mol. The molecule has 0 saturated carbocycles. The lowest BCUT2D eigenvalue weighted by Gasteiger charge is -2.12. The largest absolute Gasteiger partial charge is 0.393 e. The highest BCUT2D eigenvalue weighted by Crippen LogP contribution is 2.14. The van der Waals surface area contributed by atoms with Crippen molar-refractivity contribution in [1.29, 1.82) is 0 Å². The van der Waals surface area contributed by atoms with E-state index in [0.717, 1.165) is 32.0 Å². The van der Waals surface area contributed by atoms with Gasteiger partial charge in [-0.1, -0.05) is 58.8 Å². The van der Waals surface area contributed by atoms with Crippen LogP contribution in [0.3, 0.4) is 0 Å². The molecule has 1 N–H and O–H groups in total. The first-order valence-corrected chi connectivity index (χ1v) is 7.78. The molecule has 0 aliphatic heterocycles. The third kappa shape index (κ3) is 13.7. The summed E-state index contributed by atoms with van der Waals surface area (Å²) in [7, 11) is 0. The second kappa shape index (κ2) is 13.1. The second-order valence-electron chi connectivity index (χ2n) is 5.86. The maximum absolute atomic E-state index is 10.1. The minimum absolute atomic E-state index is 0.0895. The Balaban J connectivity index is 3.09. The Bertz CT molecular complexity index is 178. The summed E-state index contributed by atoms with van der Waals surface area (Å²) >= 11 is 0. The molecule has 0 aromatic carbocycles. The van der Waals surface area contributed by atoms with Gasteiger partial charge in [0.25, 0.3) is 0 Å². The zero-order chi connectivity index (χ0) is 13.6. The van der Waals surface area contributed by atoms with Crippen LogP contribution in [-0.2, 0) is 4.79 Å². The van der Waals surface area contributed by atoms with Crippen LogP contribution in [0.2, 0.25) is 0 Å². The maximum atomic E-state index is 10.1. The van der Waals surface area contributed by atoms with E-state index in [0.29, 0.717) is 5.92 Å². The third-order valence-corrected chi connectivity index (χ3v) is 3.35. The Morgan fingerprint density at radius 2 is 1.39 bits per heavy atom. The highest BCUT2D eigenvalue weighted by atomic mass is 16.3. The Kier molecular flexibility index (Phi) is 12.8. The van der Waals surface area contributed by atoms with Crippen molar-refractivity contribution in [2.24, 2.45) is 5.92 Å². The van der Waals surface area contributed by atoms with Crippen LogP contribution >= 0.6 is 0 Å². The van der Waals surface area contributed by atoms with Crippen molar-refractivity contribution in [1.82, 2.24) is 0 Å². The van der Waals surface area contributed by atoms with E-state index in [9.17, 15) is 9.90 Å². The Hall–Kier alpha value is -0.370. The van der Waals surface area contributed by atoms with Gasteiger partial charge in [0, 0.05) is 6.42 Å². The van der Waals surface area contributed by atoms with Gasteiger partial charge in [-0.15, -0.1) is 0 Å². The molecule has 0 aliphatic rings. The molecule has 0 spiro atoms. The van der Waals surface area contributed by atoms with E-state index in [1.165, 1.54) is 44.9 Å². The van der Waals surface area contributed by atoms with Gasteiger partial charge in [0.1, 0.15) is 6.29 Å². The summed E-state index contributed by atoms with van der Waals surface area (Å²) < 4.78 is 0. The summed E-state index contributed by atoms with van der Waals surface area (Å²) in [5, 5.41) is 9.71. The minimum atomic E-state index is -0.0895. The first-order chi connectivity index (χ1) is 8.66. The van der Waals surface area contributed by atoms with Crippen molar-refractivity contribution in [2.75, 3.05) is 0 Å². The van der Waals surface area contributed by atoms with Crippen LogP contribution in [0.4, 0.5) is 0 Å². The maximum Gasteiger partial charge on any atom is 0.119 e. The molecule has 0 aliphatic carbocycles. The number of aldehydes is 1. The predicted octanol–water partition coefficient (Wildman–Crippen LogP) is 4.49. The number of unbranched alkanes of at least 4 members (excludes halogenated alkanes) is 8. The molecular weight excluding hydrogens is 224 g/mol. The van der Waals surface area contributed by atoms with E-state index in [-0.39, 0.29) is 6.10 Å². The minimum Gasteiger partial charge on any atom is -0.393 e. The first kappa shape index (κ1) is 17.6. The molecule has 18 heavy (non-hydrogen) atoms. The van der Waals surface area contributed by atoms with E-state index in [2.05, 4.69) is 13.8 Å². The van der Waals surface area contributed by atoms with Crippen molar-refractivity contribution in [2.45, 2.75) is 90.6 Å². The Labute approximate surface area is 113 Å². The van der Waals surface area contributed by atoms with Crippen LogP contribution in [0.5, 0.6) is 0 Å². The number of hydrogen-bond donors (Lipinski definition) is 1. The van der Waals surface area contributed by atoms with Crippen LogP contribution in [0.1, 0.15) is 84.5 Å². The van der Waals surface area contributed by atoms with Crippen molar-refractivity contribution in [3.8, 4) is 0 Å². The molecule has 0 aromatic rings. The fourth-order valence-corrected chi connectivity index (χ4v) is 2.33. The van der Waals surface area contributed by atoms with Crippen molar-refractivity contribution in [3.63, 3.8) is 0 Å². The molecule has 1 unspecified atom stereocenters. The van der Waals surface area contributed by atoms with Crippen molar-refractivity contribution in [3.05, 3.63) is 0 Å². The number of aliphatic hydroxyl groups excluding tert-OH is 1. The molecule has 0 aromatic heterocycles. The van der Waals surface area contributed by atoms with Gasteiger partial charge in [0.05, 0.1) is 6.10 Å². The highest BCUT2D eigenvalue weighted by molar-refractivity contribution is 5.48. The molecular formula is C16H32O2. The van der Waals surface area contributed by atoms with Crippen LogP contribution in [0, 0.1) is 5.92 Å². The van der Waals surface area contributed by atoms with Crippen LogP contribution in [0.25, 0.3) is 0 Å². The van der Waals surface area contributed by atoms with E-state index in [1.807, 2.05) is 0 Å². The highest BCUT2D eigenvalue weighted by Gasteiger charge is 2.05. The van der Waals surface area contributed by atoms with Gasteiger partial charge < -0.3 is 9.90 Å². The number of carbonyl (C=O) groups excluding carboxylic acids is 1. The summed E-state index contributed by atoms with van der Waals surface area (Å²) in [6.45, 7) is 4.32. The molecule has 0 heterocycles. The molecule has 108 valence electrons. The fourth-order valence-electron chi connectivity index (χ4n) is 2.33. The standard InChI is InChI=1S/C16H32O2/c1-15(2)14-16(18)12-10-8-6-4-3-5-7-9-11-13-17/h13,15-16,18H,3-12,14H2,1-2H3. The molecule has 0 saturated heterocycles. The summed E-state index contributed by atoms with van der Waals surface area (Å²) in [5.74, 6) is 0.603. The molecule has 0 amide bonds. The first-order valence-electron chi connectivity index (χ1n) is 7.78. The normalized spacial score (nSPS) is 12.9. The molecule has 2 nitrogen and oxygen atoms in total. The summed E-state index contributed by atoms with van der Waals surface area (Å²) in [6.07, 6.45) is 13.4. The molecule has 1 atom stereocenters. The molecule has 0 rings (SSSR count). The molecule has 0 bridgehead atoms. The van der Waals surface area contributed by atoms with Gasteiger partial charge in [0.2, 0.25) is 0 Å². The Morgan fingerprint density at radius 1 is 0.889 bits per heavy atom. The lowest BCUT2D eigenvalue weighted by atomic mass is 10.00. The van der Waals surface area contributed by atoms with Gasteiger partial charge in [0.15, 0.2) is 0 Å². The second-order valence-corrected chi connectivity index (χ2v) is 5.86. The summed E-state index contributed by atoms with van der Waals surface area (Å²) in [4.78, 5) is 10.1. The average Bonchev–Trinajstić information content (AvgIpc) is 2.30. The summed E-state index contributed by atoms with van der Waals surface area (Å²) in [5.41, 5.74) is 0. The fraction of sp³-hybridized carbons (Fsp3) is 0.938. The quantitative estimate of drug-likeness (QED) is 0.389. The molecule has 2 heteroatoms. The third-order valence-electron chi connectivity index (χ3n) is 3.35. The smallest absolute Gasteiger partial charge is 0.119 e. The number of carbonyl (C=O) groups is 1. The average molecular weight is 256 g/mol. The van der Waals surface area contributed by atoms with Gasteiger partial charge in [-0.05, 0) is 25.2 Å². The number of rotatable bonds is 13. The lowest BCUT2D eigenvalue weighted by Crippen LogP contribution is -2.09. The van der Waals surface area contributed by atoms with E-state index in [1.54, 1.807) is 0 Å². The number of hydrogen-bond acceptors (Lipinski definition) is 2. The van der Waals surface area contributed by atoms with E-state index < -0.39 is 0 Å². The predicted molar refractivity (Wildman–Crippen MR) is 77.7 cm³/mol. The zero-order valence-corrected chi connectivity index (χ0v) is 12.4. The van der Waals surface area contributed by atoms with Gasteiger partial charge in [-0.2, -0.15) is 0 Å². The van der Waals surface area contributed by atoms with Gasteiger partial charge >= 0.3 is 0 Å².